The molecule has 30 heavy (non-hydrogen) atoms. The molecule has 4 fully saturated rings. The highest BCUT2D eigenvalue weighted by Gasteiger charge is 2.63. The van der Waals surface area contributed by atoms with Gasteiger partial charge in [0.05, 0.1) is 18.6 Å². The molecule has 0 bridgehead atoms. The van der Waals surface area contributed by atoms with Crippen LogP contribution in [-0.2, 0) is 25.5 Å². The van der Waals surface area contributed by atoms with E-state index in [0.717, 1.165) is 50.9 Å². The number of nitrogens with zero attached hydrogens (tertiary/aromatic N) is 2. The Morgan fingerprint density at radius 3 is 2.43 bits per heavy atom. The van der Waals surface area contributed by atoms with Crippen LogP contribution in [0.15, 0.2) is 30.3 Å². The molecule has 6 heteroatoms. The zero-order valence-electron chi connectivity index (χ0n) is 17.6. The first-order valence-electron chi connectivity index (χ1n) is 11.5. The number of rotatable bonds is 6. The molecule has 0 N–H and O–H groups in total. The number of likely N-dealkylation sites (tertiary alicyclic amines) is 2. The van der Waals surface area contributed by atoms with Gasteiger partial charge in [0.1, 0.15) is 0 Å². The fourth-order valence-corrected chi connectivity index (χ4v) is 5.41. The molecule has 1 spiro atoms. The van der Waals surface area contributed by atoms with Gasteiger partial charge >= 0.3 is 0 Å². The van der Waals surface area contributed by atoms with Gasteiger partial charge in [0.25, 0.3) is 5.91 Å². The van der Waals surface area contributed by atoms with Crippen molar-refractivity contribution < 1.29 is 19.1 Å². The molecule has 1 aliphatic carbocycles. The SMILES string of the molecule is O=C(Cc1ccccc1)N1CCC(N2C(=O)C(OCC3CC3)C23CCOCC3)CC1. The Morgan fingerprint density at radius 2 is 1.77 bits per heavy atom. The number of carbonyl (C=O) groups is 2. The predicted molar refractivity (Wildman–Crippen MR) is 112 cm³/mol. The third-order valence-corrected chi connectivity index (χ3v) is 7.36. The van der Waals surface area contributed by atoms with Crippen molar-refractivity contribution in [3.8, 4) is 0 Å². The first-order chi connectivity index (χ1) is 14.7. The van der Waals surface area contributed by atoms with Crippen molar-refractivity contribution in [2.24, 2.45) is 5.92 Å². The fraction of sp³-hybridized carbons (Fsp3) is 0.667. The smallest absolute Gasteiger partial charge is 0.254 e. The van der Waals surface area contributed by atoms with Gasteiger partial charge in [0.15, 0.2) is 6.10 Å². The predicted octanol–water partition coefficient (Wildman–Crippen LogP) is 2.41. The van der Waals surface area contributed by atoms with Crippen molar-refractivity contribution in [1.29, 1.82) is 0 Å². The minimum absolute atomic E-state index is 0.159. The minimum atomic E-state index is -0.292. The van der Waals surface area contributed by atoms with Crippen molar-refractivity contribution in [3.63, 3.8) is 0 Å². The number of hydrogen-bond donors (Lipinski definition) is 0. The van der Waals surface area contributed by atoms with Gasteiger partial charge in [-0.05, 0) is 50.0 Å². The molecule has 5 rings (SSSR count). The number of ether oxygens (including phenoxy) is 2. The van der Waals surface area contributed by atoms with Crippen LogP contribution in [0.1, 0.15) is 44.1 Å². The number of piperidine rings is 1. The quantitative estimate of drug-likeness (QED) is 0.674. The molecule has 1 aromatic carbocycles. The second kappa shape index (κ2) is 8.31. The Balaban J connectivity index is 1.20. The summed E-state index contributed by atoms with van der Waals surface area (Å²) in [5.41, 5.74) is 0.866. The highest BCUT2D eigenvalue weighted by atomic mass is 16.5. The van der Waals surface area contributed by atoms with E-state index in [1.54, 1.807) is 0 Å². The van der Waals surface area contributed by atoms with Gasteiger partial charge < -0.3 is 19.3 Å². The number of benzene rings is 1. The van der Waals surface area contributed by atoms with Gasteiger partial charge in [-0.25, -0.2) is 0 Å². The standard InChI is InChI=1S/C24H32N2O4/c27-21(16-18-4-2-1-3-5-18)25-12-8-20(9-13-25)26-23(28)22(30-17-19-6-7-19)24(26)10-14-29-15-11-24/h1-5,19-20,22H,6-17H2. The molecular weight excluding hydrogens is 380 g/mol. The maximum atomic E-state index is 13.1. The van der Waals surface area contributed by atoms with Gasteiger partial charge in [-0.15, -0.1) is 0 Å². The van der Waals surface area contributed by atoms with Crippen molar-refractivity contribution in [2.45, 2.75) is 62.6 Å². The van der Waals surface area contributed by atoms with Crippen LogP contribution in [0, 0.1) is 5.92 Å². The molecule has 3 saturated heterocycles. The fourth-order valence-electron chi connectivity index (χ4n) is 5.41. The highest BCUT2D eigenvalue weighted by molar-refractivity contribution is 5.91. The summed E-state index contributed by atoms with van der Waals surface area (Å²) in [6.45, 7) is 3.56. The van der Waals surface area contributed by atoms with E-state index in [0.29, 0.717) is 25.6 Å². The molecule has 0 radical (unpaired) electrons. The van der Waals surface area contributed by atoms with E-state index >= 15 is 0 Å². The van der Waals surface area contributed by atoms with Gasteiger partial charge in [0, 0.05) is 32.3 Å². The third-order valence-electron chi connectivity index (χ3n) is 7.36. The number of hydrogen-bond acceptors (Lipinski definition) is 4. The summed E-state index contributed by atoms with van der Waals surface area (Å²) >= 11 is 0. The molecule has 162 valence electrons. The third kappa shape index (κ3) is 3.76. The van der Waals surface area contributed by atoms with Crippen molar-refractivity contribution in [2.75, 3.05) is 32.9 Å². The minimum Gasteiger partial charge on any atom is -0.381 e. The van der Waals surface area contributed by atoms with Gasteiger partial charge in [0.2, 0.25) is 5.91 Å². The summed E-state index contributed by atoms with van der Waals surface area (Å²) in [7, 11) is 0. The summed E-state index contributed by atoms with van der Waals surface area (Å²) in [5, 5.41) is 0. The summed E-state index contributed by atoms with van der Waals surface area (Å²) in [6.07, 6.45) is 6.05. The summed E-state index contributed by atoms with van der Waals surface area (Å²) in [5.74, 6) is 0.996. The molecule has 0 aromatic heterocycles. The largest absolute Gasteiger partial charge is 0.381 e. The highest BCUT2D eigenvalue weighted by Crippen LogP contribution is 2.46. The van der Waals surface area contributed by atoms with E-state index in [-0.39, 0.29) is 29.5 Å². The van der Waals surface area contributed by atoms with Crippen LogP contribution in [-0.4, -0.2) is 72.2 Å². The molecule has 2 amide bonds. The molecular formula is C24H32N2O4. The Labute approximate surface area is 178 Å². The van der Waals surface area contributed by atoms with Crippen molar-refractivity contribution in [1.82, 2.24) is 9.80 Å². The number of amides is 2. The monoisotopic (exact) mass is 412 g/mol. The maximum absolute atomic E-state index is 13.1. The van der Waals surface area contributed by atoms with Crippen LogP contribution in [0.4, 0.5) is 0 Å². The second-order valence-electron chi connectivity index (χ2n) is 9.36. The van der Waals surface area contributed by atoms with Crippen LogP contribution >= 0.6 is 0 Å². The maximum Gasteiger partial charge on any atom is 0.254 e. The first kappa shape index (κ1) is 20.0. The number of β-lactam (4-membered cyclic amide) rings is 1. The van der Waals surface area contributed by atoms with Crippen LogP contribution in [0.2, 0.25) is 0 Å². The molecule has 1 aromatic rings. The Hall–Kier alpha value is -1.92. The molecule has 1 unspecified atom stereocenters. The average Bonchev–Trinajstić information content (AvgIpc) is 3.60. The van der Waals surface area contributed by atoms with Gasteiger partial charge in [-0.2, -0.15) is 0 Å². The summed E-state index contributed by atoms with van der Waals surface area (Å²) < 4.78 is 11.8. The number of carbonyl (C=O) groups excluding carboxylic acids is 2. The molecule has 3 aliphatic heterocycles. The van der Waals surface area contributed by atoms with Gasteiger partial charge in [-0.3, -0.25) is 9.59 Å². The summed E-state index contributed by atoms with van der Waals surface area (Å²) in [4.78, 5) is 29.9. The van der Waals surface area contributed by atoms with Crippen LogP contribution in [0.5, 0.6) is 0 Å². The average molecular weight is 413 g/mol. The van der Waals surface area contributed by atoms with E-state index < -0.39 is 0 Å². The van der Waals surface area contributed by atoms with E-state index in [1.165, 1.54) is 12.8 Å². The van der Waals surface area contributed by atoms with E-state index in [1.807, 2.05) is 35.2 Å². The lowest BCUT2D eigenvalue weighted by Gasteiger charge is -2.62. The topological polar surface area (TPSA) is 59.1 Å². The van der Waals surface area contributed by atoms with E-state index in [4.69, 9.17) is 9.47 Å². The molecule has 1 atom stereocenters. The lowest BCUT2D eigenvalue weighted by atomic mass is 9.72. The molecule has 3 heterocycles. The normalized spacial score (nSPS) is 26.7. The van der Waals surface area contributed by atoms with Gasteiger partial charge in [-0.1, -0.05) is 30.3 Å². The Kier molecular flexibility index (Phi) is 5.54. The lowest BCUT2D eigenvalue weighted by Crippen LogP contribution is -2.79. The van der Waals surface area contributed by atoms with E-state index in [9.17, 15) is 9.59 Å². The van der Waals surface area contributed by atoms with Crippen LogP contribution < -0.4 is 0 Å². The van der Waals surface area contributed by atoms with Crippen molar-refractivity contribution in [3.05, 3.63) is 35.9 Å². The molecule has 1 saturated carbocycles. The van der Waals surface area contributed by atoms with E-state index in [2.05, 4.69) is 4.90 Å². The second-order valence-corrected chi connectivity index (χ2v) is 9.36. The Bertz CT molecular complexity index is 765. The van der Waals surface area contributed by atoms with Crippen LogP contribution in [0.3, 0.4) is 0 Å². The molecule has 4 aliphatic rings. The zero-order valence-corrected chi connectivity index (χ0v) is 17.6. The lowest BCUT2D eigenvalue weighted by molar-refractivity contribution is -0.219. The van der Waals surface area contributed by atoms with Crippen LogP contribution in [0.25, 0.3) is 0 Å². The Morgan fingerprint density at radius 1 is 1.07 bits per heavy atom. The molecule has 6 nitrogen and oxygen atoms in total. The summed E-state index contributed by atoms with van der Waals surface area (Å²) in [6, 6.07) is 10.1. The first-order valence-corrected chi connectivity index (χ1v) is 11.5. The zero-order chi connectivity index (χ0) is 20.6. The van der Waals surface area contributed by atoms with Crippen molar-refractivity contribution >= 4 is 11.8 Å².